The van der Waals surface area contributed by atoms with Crippen LogP contribution in [0, 0.1) is 17.3 Å². The first-order valence-corrected chi connectivity index (χ1v) is 14.2. The van der Waals surface area contributed by atoms with Crippen LogP contribution in [0.25, 0.3) is 11.2 Å². The zero-order valence-electron chi connectivity index (χ0n) is 22.5. The van der Waals surface area contributed by atoms with Crippen molar-refractivity contribution in [3.05, 3.63) is 46.0 Å². The van der Waals surface area contributed by atoms with Gasteiger partial charge >= 0.3 is 0 Å². The third-order valence-electron chi connectivity index (χ3n) is 10.2. The van der Waals surface area contributed by atoms with Gasteiger partial charge in [0.1, 0.15) is 18.1 Å². The number of ether oxygens (including phenoxy) is 2. The smallest absolute Gasteiger partial charge is 0.280 e. The van der Waals surface area contributed by atoms with Crippen molar-refractivity contribution in [1.82, 2.24) is 19.5 Å². The summed E-state index contributed by atoms with van der Waals surface area (Å²) in [7, 11) is 1.69. The summed E-state index contributed by atoms with van der Waals surface area (Å²) in [5, 5.41) is 23.3. The van der Waals surface area contributed by atoms with Crippen LogP contribution in [0.4, 0.5) is 5.95 Å². The average molecular weight is 536 g/mol. The molecule has 1 aromatic carbocycles. The second kappa shape index (κ2) is 9.31. The Bertz CT molecular complexity index is 1450. The standard InChI is InChI=1S/C29H37N5O5/c1-29-8-3-4-20(29)18-11-21(19-10-15(38-2)5-6-16(19)17(18)7-9-29)31-28-32-26-25(27(37)33-28)30-14-34(26)24-12-22(36)23(13-35)39-24/h5-6,10,14,17-18,20-24,35-36H,3-4,7-9,11-13H2,1-2H3,(H2,31,32,33,37)/t17-,18-,20+,21-,22+,23-,24-,29+/m1/s1. The van der Waals surface area contributed by atoms with Crippen molar-refractivity contribution >= 4 is 17.1 Å². The lowest BCUT2D eigenvalue weighted by Gasteiger charge is -2.51. The van der Waals surface area contributed by atoms with E-state index >= 15 is 0 Å². The number of hydrogen-bond acceptors (Lipinski definition) is 8. The Morgan fingerprint density at radius 2 is 2.13 bits per heavy atom. The SMILES string of the molecule is COc1ccc2c(c1)[C@H](Nc1nc3c(ncn3[C@H]3C[C@H](O)[C@@H](CO)O3)c(=O)[nH]1)C[C@@H]1[C@@H]2CC[C@]2(C)CCC[C@@H]12. The maximum absolute atomic E-state index is 13.1. The molecule has 4 N–H and O–H groups in total. The molecular formula is C29H37N5O5. The van der Waals surface area contributed by atoms with E-state index < -0.39 is 18.4 Å². The Morgan fingerprint density at radius 3 is 2.92 bits per heavy atom. The van der Waals surface area contributed by atoms with Gasteiger partial charge in [-0.1, -0.05) is 19.4 Å². The number of aromatic nitrogens is 4. The molecule has 39 heavy (non-hydrogen) atoms. The van der Waals surface area contributed by atoms with Gasteiger partial charge in [0, 0.05) is 6.42 Å². The molecule has 1 saturated heterocycles. The van der Waals surface area contributed by atoms with Crippen molar-refractivity contribution in [2.75, 3.05) is 19.0 Å². The molecule has 3 aliphatic carbocycles. The highest BCUT2D eigenvalue weighted by atomic mass is 16.5. The summed E-state index contributed by atoms with van der Waals surface area (Å²) in [5.41, 5.74) is 3.28. The van der Waals surface area contributed by atoms with Gasteiger partial charge in [0.15, 0.2) is 11.2 Å². The van der Waals surface area contributed by atoms with Crippen LogP contribution in [0.3, 0.4) is 0 Å². The Balaban J connectivity index is 1.25. The molecule has 208 valence electrons. The van der Waals surface area contributed by atoms with E-state index in [9.17, 15) is 15.0 Å². The minimum atomic E-state index is -0.796. The van der Waals surface area contributed by atoms with Crippen LogP contribution in [0.2, 0.25) is 0 Å². The lowest BCUT2D eigenvalue weighted by atomic mass is 9.55. The number of anilines is 1. The number of H-pyrrole nitrogens is 1. The van der Waals surface area contributed by atoms with E-state index in [-0.39, 0.29) is 30.1 Å². The molecule has 0 amide bonds. The number of aliphatic hydroxyl groups excluding tert-OH is 2. The van der Waals surface area contributed by atoms with Gasteiger partial charge in [-0.15, -0.1) is 0 Å². The summed E-state index contributed by atoms with van der Waals surface area (Å²) in [4.78, 5) is 25.0. The number of imidazole rings is 1. The van der Waals surface area contributed by atoms with Gasteiger partial charge in [-0.05, 0) is 78.5 Å². The van der Waals surface area contributed by atoms with Crippen LogP contribution in [0.15, 0.2) is 29.3 Å². The minimum absolute atomic E-state index is 0.0282. The highest BCUT2D eigenvalue weighted by molar-refractivity contribution is 5.71. The van der Waals surface area contributed by atoms with E-state index in [0.717, 1.165) is 12.2 Å². The average Bonchev–Trinajstić information content (AvgIpc) is 3.64. The second-order valence-electron chi connectivity index (χ2n) is 12.2. The largest absolute Gasteiger partial charge is 0.497 e. The van der Waals surface area contributed by atoms with E-state index in [1.54, 1.807) is 11.7 Å². The summed E-state index contributed by atoms with van der Waals surface area (Å²) in [6, 6.07) is 6.42. The Morgan fingerprint density at radius 1 is 1.26 bits per heavy atom. The molecule has 0 bridgehead atoms. The highest BCUT2D eigenvalue weighted by Gasteiger charge is 2.51. The van der Waals surface area contributed by atoms with Crippen molar-refractivity contribution in [2.45, 2.75) is 82.3 Å². The van der Waals surface area contributed by atoms with Crippen LogP contribution in [-0.4, -0.2) is 55.7 Å². The van der Waals surface area contributed by atoms with Crippen LogP contribution in [0.5, 0.6) is 5.75 Å². The molecule has 0 unspecified atom stereocenters. The van der Waals surface area contributed by atoms with E-state index in [4.69, 9.17) is 14.5 Å². The zero-order valence-corrected chi connectivity index (χ0v) is 22.5. The fourth-order valence-electron chi connectivity index (χ4n) is 8.27. The van der Waals surface area contributed by atoms with Crippen LogP contribution in [-0.2, 0) is 4.74 Å². The Kier molecular flexibility index (Phi) is 5.98. The third kappa shape index (κ3) is 3.98. The summed E-state index contributed by atoms with van der Waals surface area (Å²) in [6.45, 7) is 2.21. The number of benzene rings is 1. The predicted molar refractivity (Wildman–Crippen MR) is 145 cm³/mol. The third-order valence-corrected chi connectivity index (χ3v) is 10.2. The summed E-state index contributed by atoms with van der Waals surface area (Å²) in [5.74, 6) is 3.03. The predicted octanol–water partition coefficient (Wildman–Crippen LogP) is 3.63. The molecule has 3 aromatic rings. The Labute approximate surface area is 226 Å². The van der Waals surface area contributed by atoms with Crippen molar-refractivity contribution in [2.24, 2.45) is 17.3 Å². The summed E-state index contributed by atoms with van der Waals surface area (Å²) >= 11 is 0. The van der Waals surface area contributed by atoms with E-state index in [0.29, 0.717) is 34.8 Å². The van der Waals surface area contributed by atoms with Gasteiger partial charge in [-0.2, -0.15) is 4.98 Å². The van der Waals surface area contributed by atoms with Gasteiger partial charge in [0.05, 0.1) is 32.2 Å². The van der Waals surface area contributed by atoms with Gasteiger partial charge in [0.25, 0.3) is 5.56 Å². The van der Waals surface area contributed by atoms with Gasteiger partial charge < -0.3 is 25.0 Å². The molecule has 3 heterocycles. The minimum Gasteiger partial charge on any atom is -0.497 e. The van der Waals surface area contributed by atoms with Crippen molar-refractivity contribution in [1.29, 1.82) is 0 Å². The van der Waals surface area contributed by atoms with E-state index in [1.165, 1.54) is 49.6 Å². The topological polar surface area (TPSA) is 135 Å². The number of hydrogen-bond donors (Lipinski definition) is 4. The number of nitrogens with one attached hydrogen (secondary N) is 2. The number of aliphatic hydroxyl groups is 2. The lowest BCUT2D eigenvalue weighted by Crippen LogP contribution is -2.41. The quantitative estimate of drug-likeness (QED) is 0.389. The normalized spacial score (nSPS) is 35.4. The van der Waals surface area contributed by atoms with E-state index in [1.807, 2.05) is 0 Å². The maximum Gasteiger partial charge on any atom is 0.280 e. The van der Waals surface area contributed by atoms with Crippen LogP contribution >= 0.6 is 0 Å². The zero-order chi connectivity index (χ0) is 26.9. The first-order chi connectivity index (χ1) is 18.9. The maximum atomic E-state index is 13.1. The molecule has 0 spiro atoms. The monoisotopic (exact) mass is 535 g/mol. The molecule has 8 atom stereocenters. The Hall–Kier alpha value is -2.95. The molecule has 2 saturated carbocycles. The number of fused-ring (bicyclic) bond motifs is 6. The van der Waals surface area contributed by atoms with Crippen LogP contribution in [0.1, 0.15) is 81.2 Å². The number of methoxy groups -OCH3 is 1. The number of nitrogens with zero attached hydrogens (tertiary/aromatic N) is 3. The molecule has 4 aliphatic rings. The van der Waals surface area contributed by atoms with Gasteiger partial charge in [-0.3, -0.25) is 14.3 Å². The first kappa shape index (κ1) is 25.0. The molecule has 10 heteroatoms. The number of rotatable bonds is 5. The molecular weight excluding hydrogens is 498 g/mol. The fraction of sp³-hybridized carbons (Fsp3) is 0.621. The summed E-state index contributed by atoms with van der Waals surface area (Å²) < 4.78 is 13.1. The van der Waals surface area contributed by atoms with E-state index in [2.05, 4.69) is 40.4 Å². The summed E-state index contributed by atoms with van der Waals surface area (Å²) in [6.07, 6.45) is 7.16. The van der Waals surface area contributed by atoms with Gasteiger partial charge in [-0.25, -0.2) is 4.98 Å². The molecule has 1 aliphatic heterocycles. The number of aromatic amines is 1. The van der Waals surface area contributed by atoms with Gasteiger partial charge in [0.2, 0.25) is 5.95 Å². The van der Waals surface area contributed by atoms with Crippen LogP contribution < -0.4 is 15.6 Å². The lowest BCUT2D eigenvalue weighted by molar-refractivity contribution is -0.0432. The van der Waals surface area contributed by atoms with Crippen molar-refractivity contribution < 1.29 is 19.7 Å². The first-order valence-electron chi connectivity index (χ1n) is 14.2. The fourth-order valence-corrected chi connectivity index (χ4v) is 8.27. The van der Waals surface area contributed by atoms with Crippen molar-refractivity contribution in [3.63, 3.8) is 0 Å². The molecule has 10 nitrogen and oxygen atoms in total. The molecule has 2 aromatic heterocycles. The highest BCUT2D eigenvalue weighted by Crippen LogP contribution is 2.62. The molecule has 0 radical (unpaired) electrons. The molecule has 3 fully saturated rings. The molecule has 7 rings (SSSR count). The second-order valence-corrected chi connectivity index (χ2v) is 12.2. The van der Waals surface area contributed by atoms with Crippen molar-refractivity contribution in [3.8, 4) is 5.75 Å².